The second-order valence-corrected chi connectivity index (χ2v) is 12.3. The maximum atomic E-state index is 16.0. The Morgan fingerprint density at radius 3 is 2.88 bits per heavy atom. The monoisotopic (exact) mass is 586 g/mol. The quantitative estimate of drug-likeness (QED) is 0.355. The van der Waals surface area contributed by atoms with Crippen LogP contribution in [0.15, 0.2) is 47.9 Å². The lowest BCUT2D eigenvalue weighted by molar-refractivity contribution is -0.128. The number of carbonyl (C=O) groups excluding carboxylic acids is 1. The number of halogens is 1. The minimum absolute atomic E-state index is 0.173. The van der Waals surface area contributed by atoms with Gasteiger partial charge in [-0.15, -0.1) is 11.8 Å². The van der Waals surface area contributed by atoms with Gasteiger partial charge in [0.05, 0.1) is 24.0 Å². The van der Waals surface area contributed by atoms with Crippen molar-refractivity contribution in [1.82, 2.24) is 19.8 Å². The van der Waals surface area contributed by atoms with Crippen LogP contribution in [-0.4, -0.2) is 83.3 Å². The highest BCUT2D eigenvalue weighted by Gasteiger charge is 2.32. The van der Waals surface area contributed by atoms with Gasteiger partial charge in [0.15, 0.2) is 0 Å². The predicted molar refractivity (Wildman–Crippen MR) is 163 cm³/mol. The van der Waals surface area contributed by atoms with Gasteiger partial charge < -0.3 is 19.4 Å². The van der Waals surface area contributed by atoms with Gasteiger partial charge in [-0.05, 0) is 80.4 Å². The average Bonchev–Trinajstić information content (AvgIpc) is 3.43. The smallest absolute Gasteiger partial charge is 0.319 e. The zero-order chi connectivity index (χ0) is 29.2. The van der Waals surface area contributed by atoms with E-state index in [1.54, 1.807) is 4.90 Å². The van der Waals surface area contributed by atoms with Gasteiger partial charge in [0.2, 0.25) is 5.91 Å². The number of amides is 1. The summed E-state index contributed by atoms with van der Waals surface area (Å²) in [5.74, 6) is 1.10. The van der Waals surface area contributed by atoms with Crippen LogP contribution < -0.4 is 9.64 Å². The Hall–Kier alpha value is -3.68. The van der Waals surface area contributed by atoms with Gasteiger partial charge in [-0.2, -0.15) is 15.2 Å². The van der Waals surface area contributed by atoms with Gasteiger partial charge >= 0.3 is 6.01 Å². The molecule has 3 aliphatic rings. The molecule has 2 saturated heterocycles. The van der Waals surface area contributed by atoms with Crippen LogP contribution >= 0.6 is 11.8 Å². The number of likely N-dealkylation sites (N-methyl/N-ethyl adjacent to an activating group) is 1. The summed E-state index contributed by atoms with van der Waals surface area (Å²) in [7, 11) is 2.10. The molecular formula is C32H35FN6O2S. The van der Waals surface area contributed by atoms with E-state index in [9.17, 15) is 10.1 Å². The van der Waals surface area contributed by atoms with Crippen LogP contribution in [0.4, 0.5) is 10.2 Å². The summed E-state index contributed by atoms with van der Waals surface area (Å²) in [5, 5.41) is 10.1. The Bertz CT molecular complexity index is 1560. The number of hydrogen-bond donors (Lipinski definition) is 0. The minimum Gasteiger partial charge on any atom is -0.462 e. The number of nitrogens with zero attached hydrogens (tertiary/aromatic N) is 6. The molecule has 0 unspecified atom stereocenters. The zero-order valence-corrected chi connectivity index (χ0v) is 24.7. The lowest BCUT2D eigenvalue weighted by Crippen LogP contribution is -2.55. The van der Waals surface area contributed by atoms with Crippen molar-refractivity contribution in [3.63, 3.8) is 0 Å². The third-order valence-corrected chi connectivity index (χ3v) is 9.83. The molecule has 42 heavy (non-hydrogen) atoms. The number of fused-ring (bicyclic) bond motifs is 2. The molecule has 2 fully saturated rings. The van der Waals surface area contributed by atoms with Gasteiger partial charge in [0, 0.05) is 41.5 Å². The second-order valence-electron chi connectivity index (χ2n) is 11.2. The molecule has 1 amide bonds. The van der Waals surface area contributed by atoms with Crippen LogP contribution in [-0.2, 0) is 11.2 Å². The summed E-state index contributed by atoms with van der Waals surface area (Å²) < 4.78 is 22.2. The molecule has 218 valence electrons. The molecule has 0 saturated carbocycles. The number of ether oxygens (including phenoxy) is 1. The Morgan fingerprint density at radius 1 is 1.21 bits per heavy atom. The molecule has 8 nitrogen and oxygen atoms in total. The Balaban J connectivity index is 1.42. The first-order valence-corrected chi connectivity index (χ1v) is 15.6. The van der Waals surface area contributed by atoms with Crippen molar-refractivity contribution in [2.75, 3.05) is 50.5 Å². The first-order chi connectivity index (χ1) is 20.5. The standard InChI is InChI=1S/C32H35FN6O2S/c1-3-30(40)39-15-14-38(19-21(39)11-12-34)31-26-17-27(33)25(23-8-4-10-29-24(23)9-6-16-42-29)18-28(26)35-32(36-31)41-20-22-7-5-13-37(22)2/h3-4,8,10,17-18,21-22H,1,5-7,9,11,13-16,19-20H2,2H3/t21-,22-/m0/s1. The van der Waals surface area contributed by atoms with Gasteiger partial charge in [0.1, 0.15) is 18.2 Å². The molecular weight excluding hydrogens is 551 g/mol. The summed E-state index contributed by atoms with van der Waals surface area (Å²) in [6.45, 7) is 6.39. The fraction of sp³-hybridized carbons (Fsp3) is 0.438. The van der Waals surface area contributed by atoms with Crippen LogP contribution in [0.5, 0.6) is 6.01 Å². The Morgan fingerprint density at radius 2 is 2.10 bits per heavy atom. The van der Waals surface area contributed by atoms with E-state index in [1.165, 1.54) is 22.6 Å². The normalized spacial score (nSPS) is 20.8. The van der Waals surface area contributed by atoms with E-state index in [0.29, 0.717) is 54.6 Å². The fourth-order valence-electron chi connectivity index (χ4n) is 6.36. The number of hydrogen-bond acceptors (Lipinski definition) is 8. The van der Waals surface area contributed by atoms with E-state index in [2.05, 4.69) is 30.7 Å². The molecule has 0 radical (unpaired) electrons. The van der Waals surface area contributed by atoms with Crippen molar-refractivity contribution in [2.24, 2.45) is 0 Å². The second kappa shape index (κ2) is 12.3. The number of aromatic nitrogens is 2. The predicted octanol–water partition coefficient (Wildman–Crippen LogP) is 5.06. The maximum absolute atomic E-state index is 16.0. The van der Waals surface area contributed by atoms with Crippen molar-refractivity contribution in [2.45, 2.75) is 49.1 Å². The van der Waals surface area contributed by atoms with Crippen LogP contribution in [0.2, 0.25) is 0 Å². The number of carbonyl (C=O) groups is 1. The number of piperazine rings is 1. The summed E-state index contributed by atoms with van der Waals surface area (Å²) >= 11 is 1.82. The first kappa shape index (κ1) is 28.4. The molecule has 3 aliphatic heterocycles. The van der Waals surface area contributed by atoms with Crippen molar-refractivity contribution in [3.8, 4) is 23.2 Å². The van der Waals surface area contributed by atoms with Crippen molar-refractivity contribution in [3.05, 3.63) is 54.4 Å². The number of thioether (sulfide) groups is 1. The molecule has 0 N–H and O–H groups in total. The molecule has 1 aromatic heterocycles. The molecule has 2 aromatic carbocycles. The van der Waals surface area contributed by atoms with Crippen LogP contribution in [0.25, 0.3) is 22.0 Å². The van der Waals surface area contributed by atoms with E-state index in [4.69, 9.17) is 14.7 Å². The molecule has 2 atom stereocenters. The largest absolute Gasteiger partial charge is 0.462 e. The molecule has 6 rings (SSSR count). The average molecular weight is 587 g/mol. The number of nitriles is 1. The number of rotatable bonds is 7. The number of benzene rings is 2. The van der Waals surface area contributed by atoms with Crippen LogP contribution in [0.1, 0.15) is 31.2 Å². The third kappa shape index (κ3) is 5.55. The Kier molecular flexibility index (Phi) is 8.31. The van der Waals surface area contributed by atoms with E-state index < -0.39 is 0 Å². The minimum atomic E-state index is -0.340. The molecule has 3 aromatic rings. The lowest BCUT2D eigenvalue weighted by Gasteiger charge is -2.41. The Labute approximate surface area is 250 Å². The van der Waals surface area contributed by atoms with E-state index in [-0.39, 0.29) is 30.2 Å². The highest BCUT2D eigenvalue weighted by Crippen LogP contribution is 2.40. The van der Waals surface area contributed by atoms with Gasteiger partial charge in [-0.1, -0.05) is 18.7 Å². The van der Waals surface area contributed by atoms with Crippen molar-refractivity contribution in [1.29, 1.82) is 5.26 Å². The summed E-state index contributed by atoms with van der Waals surface area (Å²) in [6.07, 6.45) is 5.62. The van der Waals surface area contributed by atoms with Crippen LogP contribution in [0, 0.1) is 17.1 Å². The van der Waals surface area contributed by atoms with Crippen molar-refractivity contribution < 1.29 is 13.9 Å². The number of anilines is 1. The van der Waals surface area contributed by atoms with E-state index >= 15 is 4.39 Å². The molecule has 4 heterocycles. The SMILES string of the molecule is C=CC(=O)N1CCN(c2nc(OC[C@@H]3CCCN3C)nc3cc(-c4cccc5c4CCCS5)c(F)cc23)C[C@@H]1CC#N. The fourth-order valence-corrected chi connectivity index (χ4v) is 7.43. The van der Waals surface area contributed by atoms with Gasteiger partial charge in [-0.3, -0.25) is 4.79 Å². The highest BCUT2D eigenvalue weighted by atomic mass is 32.2. The first-order valence-electron chi connectivity index (χ1n) is 14.6. The molecule has 10 heteroatoms. The molecule has 0 spiro atoms. The van der Waals surface area contributed by atoms with E-state index in [1.807, 2.05) is 34.9 Å². The summed E-state index contributed by atoms with van der Waals surface area (Å²) in [5.41, 5.74) is 3.22. The van der Waals surface area contributed by atoms with E-state index in [0.717, 1.165) is 43.5 Å². The summed E-state index contributed by atoms with van der Waals surface area (Å²) in [6, 6.07) is 11.9. The van der Waals surface area contributed by atoms with Gasteiger partial charge in [0.25, 0.3) is 0 Å². The summed E-state index contributed by atoms with van der Waals surface area (Å²) in [4.78, 5) is 29.3. The van der Waals surface area contributed by atoms with Gasteiger partial charge in [-0.25, -0.2) is 4.39 Å². The topological polar surface area (TPSA) is 85.6 Å². The lowest BCUT2D eigenvalue weighted by atomic mass is 9.95. The number of likely N-dealkylation sites (tertiary alicyclic amines) is 1. The third-order valence-electron chi connectivity index (χ3n) is 8.64. The highest BCUT2D eigenvalue weighted by molar-refractivity contribution is 7.99. The van der Waals surface area contributed by atoms with Crippen molar-refractivity contribution >= 4 is 34.4 Å². The molecule has 0 bridgehead atoms. The van der Waals surface area contributed by atoms with Crippen LogP contribution in [0.3, 0.4) is 0 Å². The zero-order valence-electron chi connectivity index (χ0n) is 23.9. The maximum Gasteiger partial charge on any atom is 0.319 e. The molecule has 0 aliphatic carbocycles.